The van der Waals surface area contributed by atoms with Crippen LogP contribution in [-0.4, -0.2) is 22.4 Å². The lowest BCUT2D eigenvalue weighted by Gasteiger charge is -2.03. The van der Waals surface area contributed by atoms with Crippen LogP contribution in [0, 0.1) is 0 Å². The van der Waals surface area contributed by atoms with Gasteiger partial charge in [0.2, 0.25) is 0 Å². The molecule has 0 saturated heterocycles. The summed E-state index contributed by atoms with van der Waals surface area (Å²) in [7, 11) is 0. The summed E-state index contributed by atoms with van der Waals surface area (Å²) in [5.74, 6) is -0.954. The van der Waals surface area contributed by atoms with E-state index in [1.165, 1.54) is 18.3 Å². The zero-order valence-corrected chi connectivity index (χ0v) is 11.0. The third kappa shape index (κ3) is 3.49. The van der Waals surface area contributed by atoms with E-state index < -0.39 is 5.97 Å². The first kappa shape index (κ1) is 13.9. The molecule has 0 amide bonds. The second kappa shape index (κ2) is 6.08. The molecule has 0 aromatic heterocycles. The van der Waals surface area contributed by atoms with Gasteiger partial charge in [0.15, 0.2) is 0 Å². The molecule has 3 N–H and O–H groups in total. The molecule has 0 saturated carbocycles. The molecule has 0 aliphatic carbocycles. The van der Waals surface area contributed by atoms with Crippen molar-refractivity contribution in [1.29, 1.82) is 0 Å². The Balaban J connectivity index is 2.11. The Hall–Kier alpha value is -2.53. The number of carbonyl (C=O) groups is 1. The number of rotatable bonds is 4. The van der Waals surface area contributed by atoms with Crippen LogP contribution in [0.5, 0.6) is 5.75 Å². The average molecular weight is 291 g/mol. The molecular weight excluding hydrogens is 280 g/mol. The van der Waals surface area contributed by atoms with Crippen LogP contribution in [0.1, 0.15) is 15.9 Å². The first-order valence-electron chi connectivity index (χ1n) is 5.67. The van der Waals surface area contributed by atoms with Gasteiger partial charge in [0.05, 0.1) is 22.5 Å². The maximum Gasteiger partial charge on any atom is 0.337 e. The third-order valence-corrected chi connectivity index (χ3v) is 2.80. The quantitative estimate of drug-likeness (QED) is 0.596. The van der Waals surface area contributed by atoms with Crippen LogP contribution in [0.4, 0.5) is 5.69 Å². The van der Waals surface area contributed by atoms with Crippen molar-refractivity contribution in [1.82, 2.24) is 0 Å². The predicted octanol–water partition coefficient (Wildman–Crippen LogP) is 3.19. The van der Waals surface area contributed by atoms with Gasteiger partial charge in [-0.05, 0) is 35.9 Å². The molecule has 0 spiro atoms. The topological polar surface area (TPSA) is 81.9 Å². The Morgan fingerprint density at radius 3 is 2.75 bits per heavy atom. The van der Waals surface area contributed by atoms with E-state index in [-0.39, 0.29) is 16.3 Å². The smallest absolute Gasteiger partial charge is 0.337 e. The zero-order chi connectivity index (χ0) is 14.5. The number of aromatic hydroxyl groups is 1. The van der Waals surface area contributed by atoms with Crippen molar-refractivity contribution in [3.05, 3.63) is 58.6 Å². The minimum absolute atomic E-state index is 0.00391. The van der Waals surface area contributed by atoms with Gasteiger partial charge in [0, 0.05) is 0 Å². The molecule has 0 unspecified atom stereocenters. The third-order valence-electron chi connectivity index (χ3n) is 2.47. The van der Waals surface area contributed by atoms with E-state index in [0.717, 1.165) is 0 Å². The fourth-order valence-corrected chi connectivity index (χ4v) is 1.74. The Morgan fingerprint density at radius 1 is 1.25 bits per heavy atom. The van der Waals surface area contributed by atoms with E-state index >= 15 is 0 Å². The molecule has 0 radical (unpaired) electrons. The van der Waals surface area contributed by atoms with Crippen LogP contribution < -0.4 is 5.43 Å². The number of carboxylic acid groups (broad SMARTS) is 1. The van der Waals surface area contributed by atoms with E-state index in [0.29, 0.717) is 11.3 Å². The van der Waals surface area contributed by atoms with Crippen LogP contribution in [0.25, 0.3) is 0 Å². The zero-order valence-electron chi connectivity index (χ0n) is 10.2. The fourth-order valence-electron chi connectivity index (χ4n) is 1.55. The number of anilines is 1. The van der Waals surface area contributed by atoms with Crippen molar-refractivity contribution in [2.24, 2.45) is 5.10 Å². The highest BCUT2D eigenvalue weighted by molar-refractivity contribution is 6.33. The van der Waals surface area contributed by atoms with E-state index in [1.807, 2.05) is 0 Å². The van der Waals surface area contributed by atoms with Gasteiger partial charge >= 0.3 is 5.97 Å². The van der Waals surface area contributed by atoms with Crippen LogP contribution in [0.15, 0.2) is 47.6 Å². The molecule has 20 heavy (non-hydrogen) atoms. The largest absolute Gasteiger partial charge is 0.508 e. The number of aromatic carboxylic acids is 1. The van der Waals surface area contributed by atoms with Gasteiger partial charge in [-0.15, -0.1) is 0 Å². The van der Waals surface area contributed by atoms with Crippen molar-refractivity contribution in [3.8, 4) is 5.75 Å². The summed E-state index contributed by atoms with van der Waals surface area (Å²) in [6.45, 7) is 0. The van der Waals surface area contributed by atoms with Gasteiger partial charge in [0.25, 0.3) is 0 Å². The molecule has 0 aliphatic rings. The molecule has 2 rings (SSSR count). The van der Waals surface area contributed by atoms with Gasteiger partial charge in [-0.3, -0.25) is 5.43 Å². The maximum absolute atomic E-state index is 10.9. The molecular formula is C14H11ClN2O3. The van der Waals surface area contributed by atoms with Gasteiger partial charge in [0.1, 0.15) is 5.75 Å². The second-order valence-corrected chi connectivity index (χ2v) is 4.37. The van der Waals surface area contributed by atoms with Crippen molar-refractivity contribution in [3.63, 3.8) is 0 Å². The van der Waals surface area contributed by atoms with E-state index in [2.05, 4.69) is 10.5 Å². The number of nitrogens with one attached hydrogen (secondary N) is 1. The predicted molar refractivity (Wildman–Crippen MR) is 77.7 cm³/mol. The number of halogens is 1. The number of nitrogens with zero attached hydrogens (tertiary/aromatic N) is 1. The molecule has 0 heterocycles. The number of phenols is 1. The highest BCUT2D eigenvalue weighted by atomic mass is 35.5. The second-order valence-electron chi connectivity index (χ2n) is 3.96. The molecule has 0 fully saturated rings. The molecule has 5 nitrogen and oxygen atoms in total. The van der Waals surface area contributed by atoms with E-state index in [9.17, 15) is 9.90 Å². The Labute approximate surface area is 120 Å². The number of hydrazone groups is 1. The fraction of sp³-hybridized carbons (Fsp3) is 0. The molecule has 2 aromatic rings. The highest BCUT2D eigenvalue weighted by Crippen LogP contribution is 2.20. The van der Waals surface area contributed by atoms with Crippen molar-refractivity contribution < 1.29 is 15.0 Å². The minimum atomic E-state index is -1.10. The maximum atomic E-state index is 10.9. The van der Waals surface area contributed by atoms with E-state index in [1.54, 1.807) is 30.3 Å². The molecule has 2 aromatic carbocycles. The van der Waals surface area contributed by atoms with E-state index in [4.69, 9.17) is 16.7 Å². The summed E-state index contributed by atoms with van der Waals surface area (Å²) in [5, 5.41) is 22.4. The van der Waals surface area contributed by atoms with Crippen molar-refractivity contribution >= 4 is 29.5 Å². The number of phenolic OH excluding ortho intramolecular Hbond substituents is 1. The highest BCUT2D eigenvalue weighted by Gasteiger charge is 2.08. The molecule has 0 atom stereocenters. The van der Waals surface area contributed by atoms with Crippen molar-refractivity contribution in [2.75, 3.05) is 5.43 Å². The summed E-state index contributed by atoms with van der Waals surface area (Å²) in [4.78, 5) is 10.9. The number of hydrogen-bond donors (Lipinski definition) is 3. The van der Waals surface area contributed by atoms with Crippen LogP contribution in [0.3, 0.4) is 0 Å². The summed E-state index contributed by atoms with van der Waals surface area (Å²) >= 11 is 5.76. The van der Waals surface area contributed by atoms with Gasteiger partial charge in [-0.2, -0.15) is 5.10 Å². The lowest BCUT2D eigenvalue weighted by molar-refractivity contribution is 0.0697. The standard InChI is InChI=1S/C14H11ClN2O3/c15-13-5-4-10(7-12(13)14(19)20)17-16-8-9-2-1-3-11(18)6-9/h1-8,17-18H,(H,19,20)/b16-8+. The number of hydrogen-bond acceptors (Lipinski definition) is 4. The van der Waals surface area contributed by atoms with Crippen molar-refractivity contribution in [2.45, 2.75) is 0 Å². The van der Waals surface area contributed by atoms with Gasteiger partial charge < -0.3 is 10.2 Å². The Morgan fingerprint density at radius 2 is 2.05 bits per heavy atom. The normalized spacial score (nSPS) is 10.7. The van der Waals surface area contributed by atoms with Crippen LogP contribution >= 0.6 is 11.6 Å². The average Bonchev–Trinajstić information content (AvgIpc) is 2.40. The SMILES string of the molecule is O=C(O)c1cc(N/N=C/c2cccc(O)c2)ccc1Cl. The summed E-state index contributed by atoms with van der Waals surface area (Å²) in [5.41, 5.74) is 3.92. The molecule has 0 aliphatic heterocycles. The summed E-state index contributed by atoms with van der Waals surface area (Å²) in [6.07, 6.45) is 1.51. The Kier molecular flexibility index (Phi) is 4.22. The molecule has 6 heteroatoms. The van der Waals surface area contributed by atoms with Gasteiger partial charge in [-0.25, -0.2) is 4.79 Å². The lowest BCUT2D eigenvalue weighted by Crippen LogP contribution is -1.99. The molecule has 102 valence electrons. The molecule has 0 bridgehead atoms. The first-order chi connectivity index (χ1) is 9.56. The number of carboxylic acids is 1. The first-order valence-corrected chi connectivity index (χ1v) is 6.05. The van der Waals surface area contributed by atoms with Crippen LogP contribution in [0.2, 0.25) is 5.02 Å². The number of benzene rings is 2. The monoisotopic (exact) mass is 290 g/mol. The van der Waals surface area contributed by atoms with Crippen LogP contribution in [-0.2, 0) is 0 Å². The summed E-state index contributed by atoms with van der Waals surface area (Å²) < 4.78 is 0. The Bertz CT molecular complexity index is 671. The summed E-state index contributed by atoms with van der Waals surface area (Å²) in [6, 6.07) is 11.1. The lowest BCUT2D eigenvalue weighted by atomic mass is 10.2. The van der Waals surface area contributed by atoms with Gasteiger partial charge in [-0.1, -0.05) is 23.7 Å². The minimum Gasteiger partial charge on any atom is -0.508 e.